The molecule has 0 bridgehead atoms. The van der Waals surface area contributed by atoms with Crippen LogP contribution in [-0.2, 0) is 7.05 Å². The second-order valence-corrected chi connectivity index (χ2v) is 6.80. The van der Waals surface area contributed by atoms with E-state index in [0.29, 0.717) is 29.5 Å². The lowest BCUT2D eigenvalue weighted by molar-refractivity contribution is 0.0802. The molecule has 0 unspecified atom stereocenters. The van der Waals surface area contributed by atoms with Crippen molar-refractivity contribution in [1.29, 1.82) is 0 Å². The van der Waals surface area contributed by atoms with Crippen LogP contribution < -0.4 is 10.6 Å². The molecule has 1 aliphatic heterocycles. The number of nitrogens with one attached hydrogen (secondary N) is 2. The Morgan fingerprint density at radius 2 is 1.96 bits per heavy atom. The third-order valence-corrected chi connectivity index (χ3v) is 4.90. The molecule has 8 nitrogen and oxygen atoms in total. The minimum absolute atomic E-state index is 0. The van der Waals surface area contributed by atoms with E-state index in [9.17, 15) is 9.59 Å². The van der Waals surface area contributed by atoms with Crippen molar-refractivity contribution in [2.24, 2.45) is 7.05 Å². The van der Waals surface area contributed by atoms with Crippen LogP contribution in [0, 0.1) is 0 Å². The lowest BCUT2D eigenvalue weighted by Crippen LogP contribution is -2.27. The molecule has 2 aromatic rings. The van der Waals surface area contributed by atoms with Gasteiger partial charge in [-0.15, -0.1) is 12.4 Å². The molecule has 0 saturated carbocycles. The third kappa shape index (κ3) is 4.88. The van der Waals surface area contributed by atoms with Crippen molar-refractivity contribution in [3.63, 3.8) is 0 Å². The molecule has 3 rings (SSSR count). The Labute approximate surface area is 171 Å². The topological polar surface area (TPSA) is 92.2 Å². The average molecular weight is 407 g/mol. The number of rotatable bonds is 5. The van der Waals surface area contributed by atoms with Crippen LogP contribution in [0.5, 0.6) is 0 Å². The molecular formula is C19H27ClN6O2. The van der Waals surface area contributed by atoms with Crippen molar-refractivity contribution in [2.75, 3.05) is 32.0 Å². The van der Waals surface area contributed by atoms with E-state index in [0.717, 1.165) is 31.8 Å². The van der Waals surface area contributed by atoms with Crippen LogP contribution in [0.4, 0.5) is 5.95 Å². The van der Waals surface area contributed by atoms with Crippen molar-refractivity contribution in [3.05, 3.63) is 41.2 Å². The van der Waals surface area contributed by atoms with Crippen molar-refractivity contribution in [3.8, 4) is 0 Å². The van der Waals surface area contributed by atoms with Crippen LogP contribution in [0.2, 0.25) is 0 Å². The Balaban J connectivity index is 0.00000280. The molecule has 1 fully saturated rings. The first-order valence-corrected chi connectivity index (χ1v) is 9.28. The van der Waals surface area contributed by atoms with Gasteiger partial charge in [0.2, 0.25) is 5.95 Å². The highest BCUT2D eigenvalue weighted by atomic mass is 35.5. The summed E-state index contributed by atoms with van der Waals surface area (Å²) in [5.41, 5.74) is 0.900. The van der Waals surface area contributed by atoms with Crippen molar-refractivity contribution in [2.45, 2.75) is 25.7 Å². The number of aromatic nitrogens is 3. The second kappa shape index (κ2) is 9.66. The van der Waals surface area contributed by atoms with Gasteiger partial charge in [0.1, 0.15) is 0 Å². The number of carbonyl (C=O) groups is 2. The molecule has 0 radical (unpaired) electrons. The number of aryl methyl sites for hydroxylation is 1. The minimum atomic E-state index is -0.309. The van der Waals surface area contributed by atoms with E-state index in [2.05, 4.69) is 20.7 Å². The summed E-state index contributed by atoms with van der Waals surface area (Å²) >= 11 is 0. The van der Waals surface area contributed by atoms with Crippen molar-refractivity contribution >= 4 is 30.2 Å². The first-order chi connectivity index (χ1) is 13.0. The first-order valence-electron chi connectivity index (χ1n) is 9.28. The second-order valence-electron chi connectivity index (χ2n) is 6.80. The fourth-order valence-electron chi connectivity index (χ4n) is 3.10. The molecule has 2 amide bonds. The van der Waals surface area contributed by atoms with Gasteiger partial charge in [0, 0.05) is 37.7 Å². The summed E-state index contributed by atoms with van der Waals surface area (Å²) in [6.07, 6.45) is 1.99. The van der Waals surface area contributed by atoms with Gasteiger partial charge in [-0.05, 0) is 51.1 Å². The van der Waals surface area contributed by atoms with Crippen LogP contribution in [0.25, 0.3) is 0 Å². The van der Waals surface area contributed by atoms with Crippen LogP contribution in [0.15, 0.2) is 24.3 Å². The zero-order chi connectivity index (χ0) is 19.4. The number of piperidine rings is 1. The molecule has 28 heavy (non-hydrogen) atoms. The number of halogens is 1. The van der Waals surface area contributed by atoms with E-state index in [1.165, 1.54) is 0 Å². The molecule has 9 heteroatoms. The number of hydrogen-bond acceptors (Lipinski definition) is 5. The van der Waals surface area contributed by atoms with Gasteiger partial charge in [-0.3, -0.25) is 14.9 Å². The van der Waals surface area contributed by atoms with Crippen LogP contribution in [0.1, 0.15) is 52.2 Å². The first kappa shape index (κ1) is 21.8. The highest BCUT2D eigenvalue weighted by Gasteiger charge is 2.22. The van der Waals surface area contributed by atoms with E-state index >= 15 is 0 Å². The van der Waals surface area contributed by atoms with Gasteiger partial charge < -0.3 is 10.2 Å². The van der Waals surface area contributed by atoms with Gasteiger partial charge in [0.15, 0.2) is 5.82 Å². The summed E-state index contributed by atoms with van der Waals surface area (Å²) in [6, 6.07) is 6.71. The smallest absolute Gasteiger partial charge is 0.258 e. The van der Waals surface area contributed by atoms with Gasteiger partial charge in [-0.2, -0.15) is 10.1 Å². The van der Waals surface area contributed by atoms with Gasteiger partial charge in [-0.1, -0.05) is 6.07 Å². The van der Waals surface area contributed by atoms with Gasteiger partial charge in [0.05, 0.1) is 0 Å². The maximum atomic E-state index is 12.6. The van der Waals surface area contributed by atoms with Crippen LogP contribution in [0.3, 0.4) is 0 Å². The molecule has 2 heterocycles. The Bertz CT molecular complexity index is 832. The predicted molar refractivity (Wildman–Crippen MR) is 110 cm³/mol. The summed E-state index contributed by atoms with van der Waals surface area (Å²) in [5, 5.41) is 10.6. The zero-order valence-electron chi connectivity index (χ0n) is 16.4. The lowest BCUT2D eigenvalue weighted by Gasteiger charge is -2.19. The Kier molecular flexibility index (Phi) is 7.53. The van der Waals surface area contributed by atoms with Gasteiger partial charge in [0.25, 0.3) is 11.8 Å². The Hall–Kier alpha value is -2.45. The molecule has 152 valence electrons. The molecule has 0 aliphatic carbocycles. The number of amides is 2. The number of anilines is 1. The molecular weight excluding hydrogens is 380 g/mol. The van der Waals surface area contributed by atoms with Crippen LogP contribution in [-0.4, -0.2) is 58.2 Å². The largest absolute Gasteiger partial charge is 0.342 e. The third-order valence-electron chi connectivity index (χ3n) is 4.90. The maximum Gasteiger partial charge on any atom is 0.258 e. The van der Waals surface area contributed by atoms with Crippen molar-refractivity contribution in [1.82, 2.24) is 25.0 Å². The highest BCUT2D eigenvalue weighted by Crippen LogP contribution is 2.23. The Morgan fingerprint density at radius 1 is 1.29 bits per heavy atom. The molecule has 0 atom stereocenters. The zero-order valence-corrected chi connectivity index (χ0v) is 17.3. The summed E-state index contributed by atoms with van der Waals surface area (Å²) < 4.78 is 1.59. The molecule has 0 spiro atoms. The molecule has 1 saturated heterocycles. The van der Waals surface area contributed by atoms with E-state index < -0.39 is 0 Å². The van der Waals surface area contributed by atoms with Gasteiger partial charge >= 0.3 is 0 Å². The van der Waals surface area contributed by atoms with Crippen LogP contribution >= 0.6 is 12.4 Å². The monoisotopic (exact) mass is 406 g/mol. The molecule has 2 N–H and O–H groups in total. The highest BCUT2D eigenvalue weighted by molar-refractivity contribution is 6.05. The summed E-state index contributed by atoms with van der Waals surface area (Å²) in [4.78, 5) is 31.1. The summed E-state index contributed by atoms with van der Waals surface area (Å²) in [6.45, 7) is 4.42. The van der Waals surface area contributed by atoms with E-state index in [4.69, 9.17) is 0 Å². The normalized spacial score (nSPS) is 14.2. The fraction of sp³-hybridized carbons (Fsp3) is 0.474. The lowest BCUT2D eigenvalue weighted by atomic mass is 9.98. The number of carbonyl (C=O) groups excluding carboxylic acids is 2. The predicted octanol–water partition coefficient (Wildman–Crippen LogP) is 2.05. The maximum absolute atomic E-state index is 12.6. The molecule has 1 aliphatic rings. The number of hydrogen-bond donors (Lipinski definition) is 2. The summed E-state index contributed by atoms with van der Waals surface area (Å²) in [5.74, 6) is 1.07. The van der Waals surface area contributed by atoms with Gasteiger partial charge in [-0.25, -0.2) is 4.68 Å². The fourth-order valence-corrected chi connectivity index (χ4v) is 3.10. The number of benzene rings is 1. The van der Waals surface area contributed by atoms with E-state index in [1.807, 2.05) is 6.92 Å². The average Bonchev–Trinajstić information content (AvgIpc) is 3.07. The SMILES string of the molecule is CCN(C)C(=O)c1cccc(C(=O)Nc2nc(C3CCNCC3)nn2C)c1.Cl. The van der Waals surface area contributed by atoms with Crippen molar-refractivity contribution < 1.29 is 9.59 Å². The Morgan fingerprint density at radius 3 is 2.64 bits per heavy atom. The van der Waals surface area contributed by atoms with E-state index in [-0.39, 0.29) is 24.2 Å². The quantitative estimate of drug-likeness (QED) is 0.792. The number of nitrogens with zero attached hydrogens (tertiary/aromatic N) is 4. The minimum Gasteiger partial charge on any atom is -0.342 e. The molecule has 1 aromatic heterocycles. The summed E-state index contributed by atoms with van der Waals surface area (Å²) in [7, 11) is 3.50. The standard InChI is InChI=1S/C19H26N6O2.ClH/c1-4-24(2)18(27)15-7-5-6-14(12-15)17(26)22-19-21-16(23-25(19)3)13-8-10-20-11-9-13;/h5-7,12-13,20H,4,8-11H2,1-3H3,(H,21,22,23,26);1H. The molecule has 1 aromatic carbocycles. The van der Waals surface area contributed by atoms with E-state index in [1.54, 1.807) is 47.9 Å².